The second-order valence-electron chi connectivity index (χ2n) is 3.70. The summed E-state index contributed by atoms with van der Waals surface area (Å²) in [5.41, 5.74) is 6.57. The van der Waals surface area contributed by atoms with Crippen LogP contribution >= 0.6 is 15.9 Å². The number of halogens is 2. The van der Waals surface area contributed by atoms with E-state index in [1.807, 2.05) is 12.1 Å². The predicted molar refractivity (Wildman–Crippen MR) is 70.8 cm³/mol. The first-order chi connectivity index (χ1) is 8.70. The molecule has 1 aromatic heterocycles. The van der Waals surface area contributed by atoms with Crippen LogP contribution in [0.25, 0.3) is 0 Å². The van der Waals surface area contributed by atoms with Crippen molar-refractivity contribution in [3.05, 3.63) is 58.6 Å². The number of benzene rings is 1. The molecule has 94 valence electrons. The Morgan fingerprint density at radius 1 is 1.39 bits per heavy atom. The number of hydrogen-bond donors (Lipinski definition) is 1. The number of hydrogen-bond acceptors (Lipinski definition) is 3. The van der Waals surface area contributed by atoms with Crippen LogP contribution in [0.2, 0.25) is 0 Å². The first-order valence-electron chi connectivity index (χ1n) is 5.42. The van der Waals surface area contributed by atoms with E-state index in [1.54, 1.807) is 24.5 Å². The molecule has 3 nitrogen and oxygen atoms in total. The lowest BCUT2D eigenvalue weighted by Gasteiger charge is -2.17. The Kier molecular flexibility index (Phi) is 4.28. The number of ether oxygens (including phenoxy) is 1. The highest BCUT2D eigenvalue weighted by molar-refractivity contribution is 9.10. The van der Waals surface area contributed by atoms with Gasteiger partial charge in [0.15, 0.2) is 0 Å². The molecule has 0 saturated carbocycles. The fourth-order valence-corrected chi connectivity index (χ4v) is 1.89. The molecule has 2 aromatic rings. The fourth-order valence-electron chi connectivity index (χ4n) is 1.53. The van der Waals surface area contributed by atoms with Gasteiger partial charge in [0.25, 0.3) is 0 Å². The van der Waals surface area contributed by atoms with Crippen molar-refractivity contribution in [2.75, 3.05) is 6.54 Å². The van der Waals surface area contributed by atoms with Crippen molar-refractivity contribution in [2.45, 2.75) is 6.10 Å². The Bertz CT molecular complexity index is 522. The van der Waals surface area contributed by atoms with Crippen molar-refractivity contribution < 1.29 is 9.13 Å². The zero-order valence-corrected chi connectivity index (χ0v) is 11.1. The van der Waals surface area contributed by atoms with Gasteiger partial charge in [0.1, 0.15) is 17.7 Å². The van der Waals surface area contributed by atoms with Crippen LogP contribution in [0, 0.1) is 5.82 Å². The highest BCUT2D eigenvalue weighted by Crippen LogP contribution is 2.25. The van der Waals surface area contributed by atoms with Gasteiger partial charge in [0, 0.05) is 24.5 Å². The van der Waals surface area contributed by atoms with Crippen molar-refractivity contribution in [1.82, 2.24) is 4.98 Å². The van der Waals surface area contributed by atoms with E-state index in [2.05, 4.69) is 20.9 Å². The van der Waals surface area contributed by atoms with Gasteiger partial charge < -0.3 is 10.5 Å². The van der Waals surface area contributed by atoms with Crippen LogP contribution in [-0.2, 0) is 0 Å². The summed E-state index contributed by atoms with van der Waals surface area (Å²) in [6.45, 7) is 0.320. The van der Waals surface area contributed by atoms with Crippen molar-refractivity contribution in [3.8, 4) is 5.75 Å². The molecule has 1 atom stereocenters. The minimum absolute atomic E-state index is 0.295. The summed E-state index contributed by atoms with van der Waals surface area (Å²) in [5, 5.41) is 0. The van der Waals surface area contributed by atoms with Gasteiger partial charge in [-0.3, -0.25) is 4.98 Å². The highest BCUT2D eigenvalue weighted by Gasteiger charge is 2.12. The van der Waals surface area contributed by atoms with Gasteiger partial charge in [-0.05, 0) is 40.2 Å². The molecule has 0 radical (unpaired) electrons. The summed E-state index contributed by atoms with van der Waals surface area (Å²) < 4.78 is 19.2. The second-order valence-corrected chi connectivity index (χ2v) is 4.56. The smallest absolute Gasteiger partial charge is 0.137 e. The van der Waals surface area contributed by atoms with Crippen molar-refractivity contribution >= 4 is 15.9 Å². The molecule has 2 rings (SSSR count). The summed E-state index contributed by atoms with van der Waals surface area (Å²) in [4.78, 5) is 4.02. The summed E-state index contributed by atoms with van der Waals surface area (Å²) >= 11 is 3.12. The lowest BCUT2D eigenvalue weighted by molar-refractivity contribution is 0.213. The molecule has 0 bridgehead atoms. The number of nitrogens with zero attached hydrogens (tertiary/aromatic N) is 1. The average molecular weight is 311 g/mol. The average Bonchev–Trinajstić information content (AvgIpc) is 2.41. The minimum atomic E-state index is -0.326. The monoisotopic (exact) mass is 310 g/mol. The summed E-state index contributed by atoms with van der Waals surface area (Å²) in [7, 11) is 0. The summed E-state index contributed by atoms with van der Waals surface area (Å²) in [6, 6.07) is 8.20. The SMILES string of the molecule is NCC(Oc1ccc(F)c(Br)c1)c1cccnc1. The number of aromatic nitrogens is 1. The lowest BCUT2D eigenvalue weighted by atomic mass is 10.1. The van der Waals surface area contributed by atoms with Crippen molar-refractivity contribution in [2.24, 2.45) is 5.73 Å². The molecule has 0 amide bonds. The summed E-state index contributed by atoms with van der Waals surface area (Å²) in [6.07, 6.45) is 3.10. The first-order valence-corrected chi connectivity index (χ1v) is 6.21. The molecule has 0 aliphatic rings. The Labute approximate surface area is 113 Å². The topological polar surface area (TPSA) is 48.1 Å². The van der Waals surface area contributed by atoms with Crippen LogP contribution in [0.15, 0.2) is 47.2 Å². The van der Waals surface area contributed by atoms with E-state index in [9.17, 15) is 4.39 Å². The van der Waals surface area contributed by atoms with Gasteiger partial charge in [-0.25, -0.2) is 4.39 Å². The molecule has 1 heterocycles. The Hall–Kier alpha value is -1.46. The second kappa shape index (κ2) is 5.93. The van der Waals surface area contributed by atoms with Crippen LogP contribution < -0.4 is 10.5 Å². The maximum absolute atomic E-state index is 13.1. The molecule has 0 fully saturated rings. The van der Waals surface area contributed by atoms with E-state index in [0.717, 1.165) is 5.56 Å². The molecule has 0 aliphatic carbocycles. The van der Waals surface area contributed by atoms with Crippen LogP contribution in [0.4, 0.5) is 4.39 Å². The molecule has 2 N–H and O–H groups in total. The third-order valence-corrected chi connectivity index (χ3v) is 3.05. The molecule has 5 heteroatoms. The highest BCUT2D eigenvalue weighted by atomic mass is 79.9. The van der Waals surface area contributed by atoms with E-state index >= 15 is 0 Å². The van der Waals surface area contributed by atoms with Gasteiger partial charge >= 0.3 is 0 Å². The van der Waals surface area contributed by atoms with Crippen LogP contribution in [0.5, 0.6) is 5.75 Å². The standard InChI is InChI=1S/C13H12BrFN2O/c14-11-6-10(3-4-12(11)15)18-13(7-16)9-2-1-5-17-8-9/h1-6,8,13H,7,16H2. The number of nitrogens with two attached hydrogens (primary N) is 1. The Morgan fingerprint density at radius 2 is 2.22 bits per heavy atom. The Morgan fingerprint density at radius 3 is 2.83 bits per heavy atom. The molecule has 1 aromatic carbocycles. The van der Waals surface area contributed by atoms with E-state index < -0.39 is 0 Å². The molecule has 0 aliphatic heterocycles. The molecular formula is C13H12BrFN2O. The molecule has 0 saturated heterocycles. The van der Waals surface area contributed by atoms with Gasteiger partial charge in [0.05, 0.1) is 4.47 Å². The molecule has 1 unspecified atom stereocenters. The zero-order chi connectivity index (χ0) is 13.0. The Balaban J connectivity index is 2.18. The minimum Gasteiger partial charge on any atom is -0.484 e. The predicted octanol–water partition coefficient (Wildman–Crippen LogP) is 3.06. The normalized spacial score (nSPS) is 12.2. The zero-order valence-electron chi connectivity index (χ0n) is 9.51. The quantitative estimate of drug-likeness (QED) is 0.944. The van der Waals surface area contributed by atoms with Gasteiger partial charge in [0.2, 0.25) is 0 Å². The van der Waals surface area contributed by atoms with Crippen LogP contribution in [-0.4, -0.2) is 11.5 Å². The van der Waals surface area contributed by atoms with Gasteiger partial charge in [-0.1, -0.05) is 6.07 Å². The van der Waals surface area contributed by atoms with Gasteiger partial charge in [-0.15, -0.1) is 0 Å². The van der Waals surface area contributed by atoms with E-state index in [0.29, 0.717) is 16.8 Å². The van der Waals surface area contributed by atoms with Crippen LogP contribution in [0.1, 0.15) is 11.7 Å². The van der Waals surface area contributed by atoms with Crippen molar-refractivity contribution in [3.63, 3.8) is 0 Å². The molecular weight excluding hydrogens is 299 g/mol. The number of pyridine rings is 1. The maximum Gasteiger partial charge on any atom is 0.137 e. The summed E-state index contributed by atoms with van der Waals surface area (Å²) in [5.74, 6) is 0.232. The van der Waals surface area contributed by atoms with Crippen LogP contribution in [0.3, 0.4) is 0 Å². The first kappa shape index (κ1) is 13.0. The third-order valence-electron chi connectivity index (χ3n) is 2.44. The van der Waals surface area contributed by atoms with Gasteiger partial charge in [-0.2, -0.15) is 0 Å². The maximum atomic E-state index is 13.1. The fraction of sp³-hybridized carbons (Fsp3) is 0.154. The lowest BCUT2D eigenvalue weighted by Crippen LogP contribution is -2.18. The molecule has 0 spiro atoms. The van der Waals surface area contributed by atoms with E-state index in [-0.39, 0.29) is 11.9 Å². The largest absolute Gasteiger partial charge is 0.484 e. The third kappa shape index (κ3) is 3.05. The van der Waals surface area contributed by atoms with Crippen molar-refractivity contribution in [1.29, 1.82) is 0 Å². The van der Waals surface area contributed by atoms with E-state index in [1.165, 1.54) is 6.07 Å². The molecule has 18 heavy (non-hydrogen) atoms. The van der Waals surface area contributed by atoms with E-state index in [4.69, 9.17) is 10.5 Å². The number of rotatable bonds is 4.